The number of hydrogen-bond acceptors (Lipinski definition) is 3. The molecule has 1 aliphatic carbocycles. The van der Waals surface area contributed by atoms with Crippen LogP contribution >= 0.6 is 0 Å². The highest BCUT2D eigenvalue weighted by atomic mass is 16.4. The third-order valence-electron chi connectivity index (χ3n) is 4.79. The first kappa shape index (κ1) is 19.0. The van der Waals surface area contributed by atoms with Crippen LogP contribution in [-0.2, 0) is 20.8 Å². The van der Waals surface area contributed by atoms with Crippen LogP contribution in [0.4, 0.5) is 0 Å². The van der Waals surface area contributed by atoms with Crippen molar-refractivity contribution < 1.29 is 19.5 Å². The highest BCUT2D eigenvalue weighted by molar-refractivity contribution is 5.84. The Morgan fingerprint density at radius 1 is 1.32 bits per heavy atom. The maximum absolute atomic E-state index is 12.8. The molecule has 1 aliphatic rings. The largest absolute Gasteiger partial charge is 0.480 e. The molecule has 0 saturated heterocycles. The van der Waals surface area contributed by atoms with E-state index in [1.165, 1.54) is 29.9 Å². The highest BCUT2D eigenvalue weighted by Crippen LogP contribution is 2.34. The topological polar surface area (TPSA) is 86.7 Å². The Morgan fingerprint density at radius 3 is 2.72 bits per heavy atom. The fraction of sp³-hybridized carbons (Fsp3) is 0.526. The monoisotopic (exact) mass is 346 g/mol. The van der Waals surface area contributed by atoms with Gasteiger partial charge in [-0.25, -0.2) is 4.79 Å². The molecule has 0 heterocycles. The van der Waals surface area contributed by atoms with Crippen LogP contribution in [0.3, 0.4) is 0 Å². The van der Waals surface area contributed by atoms with E-state index in [4.69, 9.17) is 0 Å². The van der Waals surface area contributed by atoms with Gasteiger partial charge in [-0.3, -0.25) is 9.59 Å². The second-order valence-electron chi connectivity index (χ2n) is 6.58. The number of carbonyl (C=O) groups excluding carboxylic acids is 2. The number of aryl methyl sites for hydroxylation is 1. The summed E-state index contributed by atoms with van der Waals surface area (Å²) in [7, 11) is 0. The summed E-state index contributed by atoms with van der Waals surface area (Å²) in [6.45, 7) is 3.34. The molecule has 1 aromatic rings. The van der Waals surface area contributed by atoms with Crippen molar-refractivity contribution in [3.05, 3.63) is 35.4 Å². The first-order chi connectivity index (χ1) is 11.9. The van der Waals surface area contributed by atoms with Crippen LogP contribution in [0.1, 0.15) is 50.2 Å². The van der Waals surface area contributed by atoms with Crippen molar-refractivity contribution in [3.8, 4) is 0 Å². The first-order valence-corrected chi connectivity index (χ1v) is 8.74. The van der Waals surface area contributed by atoms with E-state index in [1.54, 1.807) is 0 Å². The Morgan fingerprint density at radius 2 is 2.04 bits per heavy atom. The van der Waals surface area contributed by atoms with Crippen molar-refractivity contribution in [2.45, 2.75) is 51.5 Å². The summed E-state index contributed by atoms with van der Waals surface area (Å²) in [6.07, 6.45) is 3.30. The van der Waals surface area contributed by atoms with Gasteiger partial charge in [0.1, 0.15) is 6.04 Å². The first-order valence-electron chi connectivity index (χ1n) is 8.74. The Kier molecular flexibility index (Phi) is 6.56. The molecule has 25 heavy (non-hydrogen) atoms. The second kappa shape index (κ2) is 8.65. The van der Waals surface area contributed by atoms with Gasteiger partial charge in [0.25, 0.3) is 0 Å². The van der Waals surface area contributed by atoms with E-state index in [2.05, 4.69) is 17.4 Å². The van der Waals surface area contributed by atoms with E-state index in [-0.39, 0.29) is 30.8 Å². The molecule has 2 amide bonds. The second-order valence-corrected chi connectivity index (χ2v) is 6.58. The van der Waals surface area contributed by atoms with Crippen molar-refractivity contribution in [2.75, 3.05) is 13.1 Å². The summed E-state index contributed by atoms with van der Waals surface area (Å²) in [5, 5.41) is 11.9. The number of aliphatic carboxylic acids is 1. The van der Waals surface area contributed by atoms with Crippen molar-refractivity contribution in [2.24, 2.45) is 0 Å². The number of rotatable bonds is 7. The average molecular weight is 346 g/mol. The van der Waals surface area contributed by atoms with Crippen LogP contribution < -0.4 is 5.32 Å². The number of amides is 2. The minimum absolute atomic E-state index is 0.127. The van der Waals surface area contributed by atoms with Gasteiger partial charge in [0.05, 0.1) is 0 Å². The summed E-state index contributed by atoms with van der Waals surface area (Å²) in [5.74, 6) is -1.29. The molecule has 6 heteroatoms. The molecule has 0 radical (unpaired) electrons. The Labute approximate surface area is 148 Å². The van der Waals surface area contributed by atoms with Gasteiger partial charge in [-0.15, -0.1) is 0 Å². The van der Waals surface area contributed by atoms with Crippen LogP contribution in [0.2, 0.25) is 0 Å². The molecule has 0 bridgehead atoms. The molecule has 0 saturated carbocycles. The van der Waals surface area contributed by atoms with E-state index >= 15 is 0 Å². The predicted octanol–water partition coefficient (Wildman–Crippen LogP) is 1.93. The highest BCUT2D eigenvalue weighted by Gasteiger charge is 2.29. The predicted molar refractivity (Wildman–Crippen MR) is 94.2 cm³/mol. The Hall–Kier alpha value is -2.37. The lowest BCUT2D eigenvalue weighted by atomic mass is 9.81. The number of nitrogens with one attached hydrogen (secondary N) is 1. The van der Waals surface area contributed by atoms with E-state index < -0.39 is 12.0 Å². The summed E-state index contributed by atoms with van der Waals surface area (Å²) < 4.78 is 0. The number of benzene rings is 1. The molecule has 2 unspecified atom stereocenters. The molecule has 0 aliphatic heterocycles. The maximum Gasteiger partial charge on any atom is 0.326 e. The van der Waals surface area contributed by atoms with Gasteiger partial charge >= 0.3 is 5.97 Å². The molecule has 0 spiro atoms. The molecule has 0 fully saturated rings. The number of carboxylic acid groups (broad SMARTS) is 1. The lowest BCUT2D eigenvalue weighted by Gasteiger charge is -2.30. The van der Waals surface area contributed by atoms with E-state index in [9.17, 15) is 19.5 Å². The Balaban J connectivity index is 2.08. The molecule has 2 N–H and O–H groups in total. The van der Waals surface area contributed by atoms with Gasteiger partial charge in [-0.2, -0.15) is 0 Å². The van der Waals surface area contributed by atoms with Gasteiger partial charge in [0, 0.05) is 26.4 Å². The molecule has 6 nitrogen and oxygen atoms in total. The number of hydrogen-bond donors (Lipinski definition) is 2. The lowest BCUT2D eigenvalue weighted by Crippen LogP contribution is -2.47. The average Bonchev–Trinajstić information content (AvgIpc) is 2.58. The Bertz CT molecular complexity index is 644. The van der Waals surface area contributed by atoms with Crippen LogP contribution in [-0.4, -0.2) is 46.9 Å². The molecule has 2 rings (SSSR count). The van der Waals surface area contributed by atoms with Crippen molar-refractivity contribution >= 4 is 17.8 Å². The van der Waals surface area contributed by atoms with Crippen molar-refractivity contribution in [3.63, 3.8) is 0 Å². The van der Waals surface area contributed by atoms with E-state index in [1.807, 2.05) is 12.1 Å². The van der Waals surface area contributed by atoms with Gasteiger partial charge in [0.2, 0.25) is 11.8 Å². The third-order valence-corrected chi connectivity index (χ3v) is 4.79. The van der Waals surface area contributed by atoms with Crippen molar-refractivity contribution in [1.82, 2.24) is 10.2 Å². The zero-order valence-electron chi connectivity index (χ0n) is 14.8. The standard InChI is InChI=1S/C19H26N2O4/c1-13(19(24)25)21(11-10-20-14(2)22)18(23)12-16-8-5-7-15-6-3-4-9-17(15)16/h3-4,6,9,13,16H,5,7-8,10-12H2,1-2H3,(H,20,22)(H,24,25). The SMILES string of the molecule is CC(=O)NCCN(C(=O)CC1CCCc2ccccc21)C(C)C(=O)O. The summed E-state index contributed by atoms with van der Waals surface area (Å²) in [4.78, 5) is 36.5. The maximum atomic E-state index is 12.8. The van der Waals surface area contributed by atoms with Crippen molar-refractivity contribution in [1.29, 1.82) is 0 Å². The van der Waals surface area contributed by atoms with E-state index in [0.29, 0.717) is 6.42 Å². The number of nitrogens with zero attached hydrogens (tertiary/aromatic N) is 1. The summed E-state index contributed by atoms with van der Waals surface area (Å²) in [5.41, 5.74) is 2.48. The molecular weight excluding hydrogens is 320 g/mol. The molecular formula is C19H26N2O4. The molecule has 136 valence electrons. The van der Waals surface area contributed by atoms with Crippen LogP contribution in [0.15, 0.2) is 24.3 Å². The van der Waals surface area contributed by atoms with Gasteiger partial charge in [-0.1, -0.05) is 24.3 Å². The van der Waals surface area contributed by atoms with Gasteiger partial charge < -0.3 is 15.3 Å². The molecule has 0 aromatic heterocycles. The van der Waals surface area contributed by atoms with Crippen LogP contribution in [0.5, 0.6) is 0 Å². The van der Waals surface area contributed by atoms with Gasteiger partial charge in [0.15, 0.2) is 0 Å². The van der Waals surface area contributed by atoms with E-state index in [0.717, 1.165) is 19.3 Å². The third kappa shape index (κ3) is 5.05. The minimum atomic E-state index is -1.04. The zero-order chi connectivity index (χ0) is 18.4. The smallest absolute Gasteiger partial charge is 0.326 e. The summed E-state index contributed by atoms with van der Waals surface area (Å²) in [6, 6.07) is 7.24. The molecule has 1 aromatic carbocycles. The minimum Gasteiger partial charge on any atom is -0.480 e. The normalized spacial score (nSPS) is 17.3. The molecule has 2 atom stereocenters. The van der Waals surface area contributed by atoms with Crippen LogP contribution in [0.25, 0.3) is 0 Å². The zero-order valence-corrected chi connectivity index (χ0v) is 14.8. The quantitative estimate of drug-likeness (QED) is 0.790. The number of carbonyl (C=O) groups is 3. The number of carboxylic acids is 1. The fourth-order valence-electron chi connectivity index (χ4n) is 3.41. The number of fused-ring (bicyclic) bond motifs is 1. The van der Waals surface area contributed by atoms with Crippen LogP contribution in [0, 0.1) is 0 Å². The fourth-order valence-corrected chi connectivity index (χ4v) is 3.41. The summed E-state index contributed by atoms with van der Waals surface area (Å²) >= 11 is 0. The lowest BCUT2D eigenvalue weighted by molar-refractivity contribution is -0.149. The van der Waals surface area contributed by atoms with Gasteiger partial charge in [-0.05, 0) is 43.2 Å².